The van der Waals surface area contributed by atoms with Crippen LogP contribution in [0.2, 0.25) is 0 Å². The van der Waals surface area contributed by atoms with Crippen molar-refractivity contribution in [1.29, 1.82) is 0 Å². The molecule has 2 aliphatic rings. The largest absolute Gasteiger partial charge is 0.490 e. The lowest BCUT2D eigenvalue weighted by Crippen LogP contribution is -2.28. The molecule has 3 heterocycles. The van der Waals surface area contributed by atoms with Gasteiger partial charge in [0.25, 0.3) is 0 Å². The van der Waals surface area contributed by atoms with Gasteiger partial charge in [0.2, 0.25) is 0 Å². The predicted molar refractivity (Wildman–Crippen MR) is 72.2 cm³/mol. The zero-order chi connectivity index (χ0) is 12.3. The van der Waals surface area contributed by atoms with Crippen LogP contribution in [0.1, 0.15) is 16.8 Å². The summed E-state index contributed by atoms with van der Waals surface area (Å²) in [6, 6.07) is 4.50. The molecular weight excluding hydrogens is 224 g/mol. The molecule has 0 atom stereocenters. The van der Waals surface area contributed by atoms with E-state index in [1.807, 2.05) is 0 Å². The van der Waals surface area contributed by atoms with Gasteiger partial charge in [-0.15, -0.1) is 0 Å². The number of aryl methyl sites for hydroxylation is 1. The van der Waals surface area contributed by atoms with E-state index in [-0.39, 0.29) is 0 Å². The molecular formula is C15H18N2O. The Bertz CT molecular complexity index is 642. The molecule has 2 aromatic rings. The maximum absolute atomic E-state index is 5.85. The first-order valence-electron chi connectivity index (χ1n) is 6.70. The van der Waals surface area contributed by atoms with Crippen molar-refractivity contribution in [3.05, 3.63) is 29.0 Å². The van der Waals surface area contributed by atoms with Crippen LogP contribution in [0.5, 0.6) is 5.75 Å². The van der Waals surface area contributed by atoms with Gasteiger partial charge in [-0.1, -0.05) is 0 Å². The van der Waals surface area contributed by atoms with E-state index in [0.29, 0.717) is 0 Å². The molecule has 0 fully saturated rings. The molecule has 0 aliphatic carbocycles. The first kappa shape index (κ1) is 10.4. The minimum Gasteiger partial charge on any atom is -0.490 e. The summed E-state index contributed by atoms with van der Waals surface area (Å²) in [7, 11) is 2.21. The highest BCUT2D eigenvalue weighted by Gasteiger charge is 2.26. The Morgan fingerprint density at radius 1 is 1.22 bits per heavy atom. The van der Waals surface area contributed by atoms with E-state index in [1.165, 1.54) is 35.0 Å². The van der Waals surface area contributed by atoms with Crippen LogP contribution in [0, 0.1) is 6.92 Å². The monoisotopic (exact) mass is 242 g/mol. The Hall–Kier alpha value is -1.48. The fraction of sp³-hybridized carbons (Fsp3) is 0.467. The van der Waals surface area contributed by atoms with Crippen LogP contribution in [0.15, 0.2) is 12.1 Å². The quantitative estimate of drug-likeness (QED) is 0.705. The van der Waals surface area contributed by atoms with Crippen LogP contribution in [0.3, 0.4) is 0 Å². The number of nitrogens with zero attached hydrogens (tertiary/aromatic N) is 2. The second kappa shape index (κ2) is 3.51. The van der Waals surface area contributed by atoms with Crippen LogP contribution in [-0.4, -0.2) is 29.7 Å². The Kier molecular flexibility index (Phi) is 2.04. The normalized spacial score (nSPS) is 18.8. The highest BCUT2D eigenvalue weighted by Crippen LogP contribution is 2.38. The van der Waals surface area contributed by atoms with Crippen molar-refractivity contribution in [2.45, 2.75) is 26.4 Å². The second-order valence-corrected chi connectivity index (χ2v) is 5.57. The molecule has 18 heavy (non-hydrogen) atoms. The first-order valence-corrected chi connectivity index (χ1v) is 6.70. The topological polar surface area (TPSA) is 17.4 Å². The lowest BCUT2D eigenvalue weighted by atomic mass is 10.0. The SMILES string of the molecule is Cc1cc2c3c(c1)c1c(n3CCO2)CCN(C)C1. The lowest BCUT2D eigenvalue weighted by Gasteiger charge is -2.25. The lowest BCUT2D eigenvalue weighted by molar-refractivity contribution is 0.276. The number of fused-ring (bicyclic) bond motifs is 3. The average Bonchev–Trinajstić information content (AvgIpc) is 2.65. The van der Waals surface area contributed by atoms with Crippen LogP contribution in [0.4, 0.5) is 0 Å². The minimum absolute atomic E-state index is 0.808. The summed E-state index contributed by atoms with van der Waals surface area (Å²) in [5.74, 6) is 1.08. The molecule has 94 valence electrons. The molecule has 2 aliphatic heterocycles. The van der Waals surface area contributed by atoms with E-state index in [1.54, 1.807) is 5.69 Å². The number of hydrogen-bond donors (Lipinski definition) is 0. The van der Waals surface area contributed by atoms with Crippen LogP contribution in [0.25, 0.3) is 10.9 Å². The molecule has 0 N–H and O–H groups in total. The number of benzene rings is 1. The van der Waals surface area contributed by atoms with Crippen molar-refractivity contribution in [3.63, 3.8) is 0 Å². The molecule has 0 saturated heterocycles. The zero-order valence-corrected chi connectivity index (χ0v) is 11.0. The molecule has 3 nitrogen and oxygen atoms in total. The van der Waals surface area contributed by atoms with Crippen molar-refractivity contribution >= 4 is 10.9 Å². The highest BCUT2D eigenvalue weighted by atomic mass is 16.5. The van der Waals surface area contributed by atoms with Gasteiger partial charge in [-0.25, -0.2) is 0 Å². The molecule has 1 aromatic carbocycles. The maximum Gasteiger partial charge on any atom is 0.143 e. The molecule has 3 heteroatoms. The Morgan fingerprint density at radius 3 is 3.00 bits per heavy atom. The Labute approximate surface area is 107 Å². The van der Waals surface area contributed by atoms with Crippen molar-refractivity contribution < 1.29 is 4.74 Å². The fourth-order valence-corrected chi connectivity index (χ4v) is 3.42. The molecule has 0 radical (unpaired) electrons. The van der Waals surface area contributed by atoms with Gasteiger partial charge in [0.05, 0.1) is 12.1 Å². The summed E-state index contributed by atoms with van der Waals surface area (Å²) < 4.78 is 8.34. The van der Waals surface area contributed by atoms with Crippen molar-refractivity contribution in [2.24, 2.45) is 0 Å². The summed E-state index contributed by atoms with van der Waals surface area (Å²) in [5.41, 5.74) is 5.69. The molecule has 0 amide bonds. The third kappa shape index (κ3) is 1.28. The molecule has 0 bridgehead atoms. The summed E-state index contributed by atoms with van der Waals surface area (Å²) in [4.78, 5) is 2.41. The number of hydrogen-bond acceptors (Lipinski definition) is 2. The highest BCUT2D eigenvalue weighted by molar-refractivity contribution is 5.91. The summed E-state index contributed by atoms with van der Waals surface area (Å²) >= 11 is 0. The van der Waals surface area contributed by atoms with Crippen molar-refractivity contribution in [1.82, 2.24) is 9.47 Å². The van der Waals surface area contributed by atoms with Gasteiger partial charge in [0.1, 0.15) is 12.4 Å². The van der Waals surface area contributed by atoms with Crippen LogP contribution in [-0.2, 0) is 19.5 Å². The van der Waals surface area contributed by atoms with E-state index in [9.17, 15) is 0 Å². The molecule has 1 aromatic heterocycles. The number of likely N-dealkylation sites (N-methyl/N-ethyl adjacent to an activating group) is 1. The van der Waals surface area contributed by atoms with E-state index in [0.717, 1.165) is 25.4 Å². The Morgan fingerprint density at radius 2 is 2.11 bits per heavy atom. The third-order valence-corrected chi connectivity index (χ3v) is 4.22. The average molecular weight is 242 g/mol. The molecule has 0 unspecified atom stereocenters. The van der Waals surface area contributed by atoms with Gasteiger partial charge in [-0.05, 0) is 37.2 Å². The first-order chi connectivity index (χ1) is 8.74. The molecule has 0 spiro atoms. The van der Waals surface area contributed by atoms with Crippen molar-refractivity contribution in [2.75, 3.05) is 20.2 Å². The summed E-state index contributed by atoms with van der Waals surface area (Å²) in [6.07, 6.45) is 1.17. The number of aromatic nitrogens is 1. The van der Waals surface area contributed by atoms with E-state index >= 15 is 0 Å². The number of rotatable bonds is 0. The van der Waals surface area contributed by atoms with Gasteiger partial charge in [0, 0.05) is 30.6 Å². The smallest absolute Gasteiger partial charge is 0.143 e. The van der Waals surface area contributed by atoms with Gasteiger partial charge in [0.15, 0.2) is 0 Å². The maximum atomic E-state index is 5.85. The van der Waals surface area contributed by atoms with E-state index in [4.69, 9.17) is 4.74 Å². The van der Waals surface area contributed by atoms with Gasteiger partial charge in [-0.3, -0.25) is 0 Å². The van der Waals surface area contributed by atoms with Gasteiger partial charge < -0.3 is 14.2 Å². The van der Waals surface area contributed by atoms with Crippen molar-refractivity contribution in [3.8, 4) is 5.75 Å². The number of ether oxygens (including phenoxy) is 1. The summed E-state index contributed by atoms with van der Waals surface area (Å²) in [6.45, 7) is 6.21. The fourth-order valence-electron chi connectivity index (χ4n) is 3.42. The Balaban J connectivity index is 2.10. The van der Waals surface area contributed by atoms with Gasteiger partial charge in [-0.2, -0.15) is 0 Å². The van der Waals surface area contributed by atoms with Gasteiger partial charge >= 0.3 is 0 Å². The third-order valence-electron chi connectivity index (χ3n) is 4.22. The predicted octanol–water partition coefficient (Wildman–Crippen LogP) is 2.33. The van der Waals surface area contributed by atoms with E-state index in [2.05, 4.69) is 35.6 Å². The minimum atomic E-state index is 0.808. The standard InChI is InChI=1S/C15H18N2O/c1-10-7-11-12-9-16(2)4-3-13(12)17-5-6-18-14(8-10)15(11)17/h7-8H,3-6,9H2,1-2H3. The second-order valence-electron chi connectivity index (χ2n) is 5.57. The molecule has 0 saturated carbocycles. The summed E-state index contributed by atoms with van der Waals surface area (Å²) in [5, 5.41) is 1.41. The van der Waals surface area contributed by atoms with Crippen LogP contribution < -0.4 is 4.74 Å². The van der Waals surface area contributed by atoms with Crippen LogP contribution >= 0.6 is 0 Å². The zero-order valence-electron chi connectivity index (χ0n) is 11.0. The molecule has 4 rings (SSSR count). The van der Waals surface area contributed by atoms with E-state index < -0.39 is 0 Å².